The lowest BCUT2D eigenvalue weighted by molar-refractivity contribution is -0.147. The van der Waals surface area contributed by atoms with Gasteiger partial charge in [0.2, 0.25) is 0 Å². The van der Waals surface area contributed by atoms with Crippen LogP contribution in [0.1, 0.15) is 72.1 Å². The molecule has 1 rings (SSSR count). The van der Waals surface area contributed by atoms with E-state index in [-0.39, 0.29) is 17.7 Å². The van der Waals surface area contributed by atoms with Gasteiger partial charge < -0.3 is 18.5 Å². The lowest BCUT2D eigenvalue weighted by Crippen LogP contribution is -2.24. The number of ether oxygens (including phenoxy) is 2. The Bertz CT molecular complexity index is 410. The van der Waals surface area contributed by atoms with E-state index in [9.17, 15) is 9.36 Å². The van der Waals surface area contributed by atoms with Crippen molar-refractivity contribution in [3.8, 4) is 0 Å². The van der Waals surface area contributed by atoms with Gasteiger partial charge in [0.05, 0.1) is 26.4 Å². The van der Waals surface area contributed by atoms with Crippen LogP contribution in [0.4, 0.5) is 0 Å². The molecule has 0 aromatic carbocycles. The van der Waals surface area contributed by atoms with Crippen molar-refractivity contribution in [3.05, 3.63) is 0 Å². The molecule has 0 aromatic heterocycles. The fourth-order valence-electron chi connectivity index (χ4n) is 2.99. The van der Waals surface area contributed by atoms with Crippen molar-refractivity contribution in [3.63, 3.8) is 0 Å². The maximum absolute atomic E-state index is 12.3. The van der Waals surface area contributed by atoms with Crippen LogP contribution >= 0.6 is 7.60 Å². The van der Waals surface area contributed by atoms with E-state index in [2.05, 4.69) is 0 Å². The van der Waals surface area contributed by atoms with Crippen molar-refractivity contribution < 1.29 is 27.9 Å². The Kier molecular flexibility index (Phi) is 11.1. The van der Waals surface area contributed by atoms with Crippen LogP contribution < -0.4 is 0 Å². The average molecular weight is 378 g/mol. The second-order valence-corrected chi connectivity index (χ2v) is 8.65. The molecule has 148 valence electrons. The number of hydrogen-bond donors (Lipinski definition) is 0. The van der Waals surface area contributed by atoms with Gasteiger partial charge in [0.15, 0.2) is 5.79 Å². The van der Waals surface area contributed by atoms with E-state index in [0.29, 0.717) is 32.8 Å². The van der Waals surface area contributed by atoms with E-state index >= 15 is 0 Å². The van der Waals surface area contributed by atoms with Crippen molar-refractivity contribution in [1.29, 1.82) is 0 Å². The van der Waals surface area contributed by atoms with Crippen LogP contribution in [0, 0.1) is 0 Å². The maximum Gasteiger partial charge on any atom is 0.338 e. The molecule has 0 bridgehead atoms. The van der Waals surface area contributed by atoms with E-state index in [4.69, 9.17) is 18.5 Å². The summed E-state index contributed by atoms with van der Waals surface area (Å²) in [5.74, 6) is -0.407. The minimum atomic E-state index is -3.24. The van der Waals surface area contributed by atoms with E-state index < -0.39 is 7.60 Å². The summed E-state index contributed by atoms with van der Waals surface area (Å²) in [6, 6.07) is 0. The molecule has 25 heavy (non-hydrogen) atoms. The number of unbranched alkanes of at least 4 members (excludes halogenated alkanes) is 5. The minimum absolute atomic E-state index is 0.0336. The third-order valence-electron chi connectivity index (χ3n) is 4.26. The molecule has 0 N–H and O–H groups in total. The van der Waals surface area contributed by atoms with Crippen molar-refractivity contribution in [1.82, 2.24) is 0 Å². The van der Waals surface area contributed by atoms with Crippen LogP contribution in [-0.2, 0) is 27.9 Å². The van der Waals surface area contributed by atoms with E-state index in [1.165, 1.54) is 0 Å². The molecule has 0 atom stereocenters. The van der Waals surface area contributed by atoms with E-state index in [1.807, 2.05) is 6.92 Å². The predicted molar refractivity (Wildman–Crippen MR) is 98.0 cm³/mol. The summed E-state index contributed by atoms with van der Waals surface area (Å²) < 4.78 is 33.8. The van der Waals surface area contributed by atoms with Crippen LogP contribution in [-0.4, -0.2) is 44.2 Å². The van der Waals surface area contributed by atoms with Gasteiger partial charge in [-0.05, 0) is 33.6 Å². The zero-order valence-electron chi connectivity index (χ0n) is 16.1. The second-order valence-electron chi connectivity index (χ2n) is 6.60. The highest BCUT2D eigenvalue weighted by molar-refractivity contribution is 7.54. The summed E-state index contributed by atoms with van der Waals surface area (Å²) in [6.07, 6.45) is 7.65. The third kappa shape index (κ3) is 9.86. The Labute approximate surface area is 152 Å². The molecule has 0 aliphatic carbocycles. The molecule has 0 amide bonds. The Morgan fingerprint density at radius 1 is 0.960 bits per heavy atom. The fraction of sp³-hybridized carbons (Fsp3) is 0.944. The monoisotopic (exact) mass is 378 g/mol. The standard InChI is InChI=1S/C18H35O6P/c1-4-23-25(20,24-5-2)16-17(19)12-10-8-6-7-9-11-13-18(3)21-14-15-22-18/h4-16H2,1-3H3. The van der Waals surface area contributed by atoms with Crippen LogP contribution in [0.5, 0.6) is 0 Å². The summed E-state index contributed by atoms with van der Waals surface area (Å²) >= 11 is 0. The molecule has 0 radical (unpaired) electrons. The smallest absolute Gasteiger partial charge is 0.338 e. The van der Waals surface area contributed by atoms with Gasteiger partial charge in [-0.3, -0.25) is 9.36 Å². The Morgan fingerprint density at radius 3 is 2.04 bits per heavy atom. The molecule has 1 saturated heterocycles. The van der Waals surface area contributed by atoms with Crippen molar-refractivity contribution in [2.45, 2.75) is 77.9 Å². The van der Waals surface area contributed by atoms with Crippen molar-refractivity contribution >= 4 is 13.4 Å². The number of ketones is 1. The largest absolute Gasteiger partial charge is 0.348 e. The first-order valence-electron chi connectivity index (χ1n) is 9.61. The Balaban J connectivity index is 2.03. The highest BCUT2D eigenvalue weighted by atomic mass is 31.2. The zero-order chi connectivity index (χ0) is 18.6. The van der Waals surface area contributed by atoms with Crippen LogP contribution in [0.15, 0.2) is 0 Å². The van der Waals surface area contributed by atoms with Gasteiger partial charge in [0.25, 0.3) is 0 Å². The number of hydrogen-bond acceptors (Lipinski definition) is 6. The number of rotatable bonds is 15. The van der Waals surface area contributed by atoms with Gasteiger partial charge in [-0.2, -0.15) is 0 Å². The lowest BCUT2D eigenvalue weighted by Gasteiger charge is -2.21. The Morgan fingerprint density at radius 2 is 1.48 bits per heavy atom. The van der Waals surface area contributed by atoms with Gasteiger partial charge >= 0.3 is 7.60 Å². The van der Waals surface area contributed by atoms with Crippen LogP contribution in [0.25, 0.3) is 0 Å². The van der Waals surface area contributed by atoms with Crippen LogP contribution in [0.3, 0.4) is 0 Å². The number of carbonyl (C=O) groups is 1. The van der Waals surface area contributed by atoms with Gasteiger partial charge in [-0.25, -0.2) is 0 Å². The summed E-state index contributed by atoms with van der Waals surface area (Å²) in [5.41, 5.74) is 0. The first kappa shape index (κ1) is 22.8. The first-order valence-corrected chi connectivity index (χ1v) is 11.3. The van der Waals surface area contributed by atoms with E-state index in [0.717, 1.165) is 44.9 Å². The zero-order valence-corrected chi connectivity index (χ0v) is 17.0. The molecule has 1 fully saturated rings. The molecule has 0 aromatic rings. The summed E-state index contributed by atoms with van der Waals surface area (Å²) in [6.45, 7) is 7.49. The molecular formula is C18H35O6P. The second kappa shape index (κ2) is 12.2. The quantitative estimate of drug-likeness (QED) is 0.304. The average Bonchev–Trinajstić information content (AvgIpc) is 2.97. The molecule has 6 nitrogen and oxygen atoms in total. The highest BCUT2D eigenvalue weighted by Crippen LogP contribution is 2.48. The summed E-state index contributed by atoms with van der Waals surface area (Å²) in [5, 5.41) is 0. The van der Waals surface area contributed by atoms with Gasteiger partial charge in [-0.15, -0.1) is 0 Å². The molecule has 0 unspecified atom stereocenters. The van der Waals surface area contributed by atoms with Gasteiger partial charge in [-0.1, -0.05) is 25.7 Å². The maximum atomic E-state index is 12.3. The first-order chi connectivity index (χ1) is 11.9. The lowest BCUT2D eigenvalue weighted by atomic mass is 10.0. The molecule has 1 heterocycles. The molecule has 0 spiro atoms. The van der Waals surface area contributed by atoms with Crippen molar-refractivity contribution in [2.24, 2.45) is 0 Å². The minimum Gasteiger partial charge on any atom is -0.348 e. The molecule has 1 aliphatic rings. The molecule has 1 aliphatic heterocycles. The molecule has 0 saturated carbocycles. The highest BCUT2D eigenvalue weighted by Gasteiger charge is 2.30. The van der Waals surface area contributed by atoms with E-state index in [1.54, 1.807) is 13.8 Å². The summed E-state index contributed by atoms with van der Waals surface area (Å²) in [4.78, 5) is 12.0. The van der Waals surface area contributed by atoms with Gasteiger partial charge in [0, 0.05) is 12.8 Å². The Hall–Kier alpha value is -0.260. The summed E-state index contributed by atoms with van der Waals surface area (Å²) in [7, 11) is -3.24. The van der Waals surface area contributed by atoms with Crippen molar-refractivity contribution in [2.75, 3.05) is 32.6 Å². The fourth-order valence-corrected chi connectivity index (χ4v) is 4.63. The number of carbonyl (C=O) groups excluding carboxylic acids is 1. The topological polar surface area (TPSA) is 71.1 Å². The third-order valence-corrected chi connectivity index (χ3v) is 6.30. The predicted octanol–water partition coefficient (Wildman–Crippen LogP) is 4.71. The molecule has 7 heteroatoms. The normalized spacial score (nSPS) is 17.1. The van der Waals surface area contributed by atoms with Crippen LogP contribution in [0.2, 0.25) is 0 Å². The SMILES string of the molecule is CCOP(=O)(CC(=O)CCCCCCCCC1(C)OCCO1)OCC. The van der Waals surface area contributed by atoms with Gasteiger partial charge in [0.1, 0.15) is 11.9 Å². The molecular weight excluding hydrogens is 343 g/mol. The number of Topliss-reactive ketones (excluding diaryl/α,β-unsaturated/α-hetero) is 1.